The predicted octanol–water partition coefficient (Wildman–Crippen LogP) is 3.66. The van der Waals surface area contributed by atoms with Crippen molar-refractivity contribution in [2.24, 2.45) is 0 Å². The van der Waals surface area contributed by atoms with Gasteiger partial charge in [0.15, 0.2) is 27.0 Å². The van der Waals surface area contributed by atoms with Crippen molar-refractivity contribution in [3.05, 3.63) is 72.8 Å². The number of fused-ring (bicyclic) bond motifs is 1. The van der Waals surface area contributed by atoms with E-state index in [1.54, 1.807) is 55.2 Å². The van der Waals surface area contributed by atoms with Gasteiger partial charge in [-0.05, 0) is 37.3 Å². The van der Waals surface area contributed by atoms with Crippen LogP contribution in [0.2, 0.25) is 0 Å². The van der Waals surface area contributed by atoms with Crippen LogP contribution < -0.4 is 14.2 Å². The van der Waals surface area contributed by atoms with Gasteiger partial charge in [0, 0.05) is 18.5 Å². The van der Waals surface area contributed by atoms with Gasteiger partial charge in [-0.25, -0.2) is 28.4 Å². The molecule has 0 atom stereocenters. The first-order chi connectivity index (χ1) is 18.4. The van der Waals surface area contributed by atoms with Gasteiger partial charge >= 0.3 is 0 Å². The summed E-state index contributed by atoms with van der Waals surface area (Å²) in [6.45, 7) is 2.32. The SMILES string of the molecule is CCOc1cccc(-c2nc3ncc(CS(=O)(=O)c4cccnc4)nc3n2-c2c(OC)cccc2OC)n1. The van der Waals surface area contributed by atoms with E-state index in [1.165, 1.54) is 24.7 Å². The van der Waals surface area contributed by atoms with Crippen molar-refractivity contribution < 1.29 is 22.6 Å². The maximum absolute atomic E-state index is 13.0. The second-order valence-electron chi connectivity index (χ2n) is 8.03. The minimum atomic E-state index is -3.72. The Morgan fingerprint density at radius 3 is 2.34 bits per heavy atom. The van der Waals surface area contributed by atoms with E-state index in [-0.39, 0.29) is 16.3 Å². The zero-order valence-corrected chi connectivity index (χ0v) is 21.7. The van der Waals surface area contributed by atoms with Crippen LogP contribution in [-0.2, 0) is 15.6 Å². The molecule has 38 heavy (non-hydrogen) atoms. The van der Waals surface area contributed by atoms with Gasteiger partial charge in [-0.3, -0.25) is 9.55 Å². The molecule has 0 unspecified atom stereocenters. The second-order valence-corrected chi connectivity index (χ2v) is 10.0. The number of sulfone groups is 1. The van der Waals surface area contributed by atoms with Crippen molar-refractivity contribution in [3.63, 3.8) is 0 Å². The van der Waals surface area contributed by atoms with E-state index in [1.807, 2.05) is 13.0 Å². The van der Waals surface area contributed by atoms with Gasteiger partial charge in [0.1, 0.15) is 22.9 Å². The van der Waals surface area contributed by atoms with Crippen LogP contribution in [0.25, 0.3) is 28.5 Å². The minimum Gasteiger partial charge on any atom is -0.494 e. The molecule has 0 fully saturated rings. The molecule has 11 nitrogen and oxygen atoms in total. The highest BCUT2D eigenvalue weighted by Gasteiger charge is 2.25. The van der Waals surface area contributed by atoms with E-state index in [0.717, 1.165) is 0 Å². The molecule has 5 aromatic rings. The van der Waals surface area contributed by atoms with E-state index in [2.05, 4.69) is 19.9 Å². The Balaban J connectivity index is 1.75. The summed E-state index contributed by atoms with van der Waals surface area (Å²) in [5.74, 6) is 1.43. The molecule has 0 aliphatic rings. The molecule has 1 aromatic carbocycles. The van der Waals surface area contributed by atoms with Gasteiger partial charge in [0.2, 0.25) is 5.88 Å². The molecule has 0 aliphatic carbocycles. The lowest BCUT2D eigenvalue weighted by Gasteiger charge is -2.16. The number of imidazole rings is 1. The standard InChI is InChI=1S/C26H24N6O5S/c1-4-37-22-12-5-9-19(30-22)25-31-24-26(32(25)23-20(35-2)10-6-11-21(23)36-3)29-17(14-28-24)16-38(33,34)18-8-7-13-27-15-18/h5-15H,4,16H2,1-3H3. The van der Waals surface area contributed by atoms with Crippen LogP contribution in [0.1, 0.15) is 12.6 Å². The Hall–Kier alpha value is -4.58. The molecule has 0 N–H and O–H groups in total. The average molecular weight is 533 g/mol. The molecule has 0 amide bonds. The average Bonchev–Trinajstić information content (AvgIpc) is 3.31. The highest BCUT2D eigenvalue weighted by Crippen LogP contribution is 2.37. The van der Waals surface area contributed by atoms with Gasteiger partial charge < -0.3 is 14.2 Å². The maximum Gasteiger partial charge on any atom is 0.213 e. The Bertz CT molecular complexity index is 1680. The zero-order valence-electron chi connectivity index (χ0n) is 20.9. The van der Waals surface area contributed by atoms with Crippen molar-refractivity contribution >= 4 is 21.1 Å². The fourth-order valence-electron chi connectivity index (χ4n) is 3.97. The molecule has 0 saturated heterocycles. The molecular formula is C26H24N6O5S. The zero-order chi connectivity index (χ0) is 26.7. The summed E-state index contributed by atoms with van der Waals surface area (Å²) in [4.78, 5) is 22.5. The first-order valence-corrected chi connectivity index (χ1v) is 13.3. The fourth-order valence-corrected chi connectivity index (χ4v) is 5.17. The molecule has 5 rings (SSSR count). The first-order valence-electron chi connectivity index (χ1n) is 11.6. The Morgan fingerprint density at radius 2 is 1.66 bits per heavy atom. The van der Waals surface area contributed by atoms with Crippen LogP contribution in [0.4, 0.5) is 0 Å². The lowest BCUT2D eigenvalue weighted by atomic mass is 10.2. The van der Waals surface area contributed by atoms with Crippen molar-refractivity contribution in [2.75, 3.05) is 20.8 Å². The third-order valence-corrected chi connectivity index (χ3v) is 7.26. The van der Waals surface area contributed by atoms with Gasteiger partial charge in [0.25, 0.3) is 0 Å². The van der Waals surface area contributed by atoms with E-state index < -0.39 is 9.84 Å². The monoisotopic (exact) mass is 532 g/mol. The van der Waals surface area contributed by atoms with Crippen molar-refractivity contribution in [1.82, 2.24) is 29.5 Å². The van der Waals surface area contributed by atoms with Gasteiger partial charge in [0.05, 0.1) is 43.4 Å². The van der Waals surface area contributed by atoms with E-state index >= 15 is 0 Å². The number of hydrogen-bond donors (Lipinski definition) is 0. The number of rotatable bonds is 9. The van der Waals surface area contributed by atoms with Crippen LogP contribution in [0.15, 0.2) is 72.0 Å². The van der Waals surface area contributed by atoms with Gasteiger partial charge in [-0.2, -0.15) is 0 Å². The summed E-state index contributed by atoms with van der Waals surface area (Å²) in [6, 6.07) is 13.8. The number of aromatic nitrogens is 6. The quantitative estimate of drug-likeness (QED) is 0.277. The number of pyridine rings is 2. The van der Waals surface area contributed by atoms with Crippen molar-refractivity contribution in [1.29, 1.82) is 0 Å². The lowest BCUT2D eigenvalue weighted by molar-refractivity contribution is 0.327. The molecule has 0 saturated carbocycles. The Labute approximate surface area is 219 Å². The van der Waals surface area contributed by atoms with Crippen LogP contribution in [-0.4, -0.2) is 58.7 Å². The van der Waals surface area contributed by atoms with Crippen molar-refractivity contribution in [3.8, 4) is 34.6 Å². The topological polar surface area (TPSA) is 131 Å². The smallest absolute Gasteiger partial charge is 0.213 e. The molecule has 0 radical (unpaired) electrons. The molecule has 4 heterocycles. The molecule has 0 spiro atoms. The van der Waals surface area contributed by atoms with Gasteiger partial charge in [-0.15, -0.1) is 0 Å². The number of nitrogens with zero attached hydrogens (tertiary/aromatic N) is 6. The van der Waals surface area contributed by atoms with Crippen LogP contribution in [0.5, 0.6) is 17.4 Å². The Kier molecular flexibility index (Phi) is 6.88. The summed E-state index contributed by atoms with van der Waals surface area (Å²) < 4.78 is 44.7. The van der Waals surface area contributed by atoms with Crippen LogP contribution in [0.3, 0.4) is 0 Å². The third kappa shape index (κ3) is 4.73. The normalized spacial score (nSPS) is 11.4. The molecule has 194 valence electrons. The summed E-state index contributed by atoms with van der Waals surface area (Å²) in [5, 5.41) is 0. The number of benzene rings is 1. The van der Waals surface area contributed by atoms with E-state index in [0.29, 0.717) is 52.5 Å². The first kappa shape index (κ1) is 25.1. The van der Waals surface area contributed by atoms with E-state index in [9.17, 15) is 8.42 Å². The highest BCUT2D eigenvalue weighted by atomic mass is 32.2. The molecular weight excluding hydrogens is 508 g/mol. The fraction of sp³-hybridized carbons (Fsp3) is 0.192. The third-order valence-electron chi connectivity index (χ3n) is 5.62. The van der Waals surface area contributed by atoms with Crippen LogP contribution >= 0.6 is 0 Å². The Morgan fingerprint density at radius 1 is 0.895 bits per heavy atom. The maximum atomic E-state index is 13.0. The summed E-state index contributed by atoms with van der Waals surface area (Å²) in [6.07, 6.45) is 4.22. The summed E-state index contributed by atoms with van der Waals surface area (Å²) in [5.41, 5.74) is 1.84. The second kappa shape index (κ2) is 10.4. The molecule has 4 aromatic heterocycles. The summed E-state index contributed by atoms with van der Waals surface area (Å²) in [7, 11) is -0.627. The van der Waals surface area contributed by atoms with E-state index in [4.69, 9.17) is 19.2 Å². The molecule has 0 bridgehead atoms. The number of methoxy groups -OCH3 is 2. The predicted molar refractivity (Wildman–Crippen MR) is 139 cm³/mol. The molecule has 0 aliphatic heterocycles. The van der Waals surface area contributed by atoms with Gasteiger partial charge in [-0.1, -0.05) is 12.1 Å². The number of hydrogen-bond acceptors (Lipinski definition) is 10. The van der Waals surface area contributed by atoms with Crippen molar-refractivity contribution in [2.45, 2.75) is 17.6 Å². The van der Waals surface area contributed by atoms with Crippen LogP contribution in [0, 0.1) is 0 Å². The lowest BCUT2D eigenvalue weighted by Crippen LogP contribution is -2.09. The number of para-hydroxylation sites is 1. The molecule has 12 heteroatoms. The highest BCUT2D eigenvalue weighted by molar-refractivity contribution is 7.90. The summed E-state index contributed by atoms with van der Waals surface area (Å²) >= 11 is 0. The number of ether oxygens (including phenoxy) is 3. The minimum absolute atomic E-state index is 0.0967. The largest absolute Gasteiger partial charge is 0.494 e.